The lowest BCUT2D eigenvalue weighted by Gasteiger charge is -1.99. The van der Waals surface area contributed by atoms with Crippen molar-refractivity contribution < 1.29 is 9.90 Å². The van der Waals surface area contributed by atoms with Crippen molar-refractivity contribution in [3.63, 3.8) is 0 Å². The number of rotatable bonds is 4. The number of carbonyl (C=O) groups excluding carboxylic acids is 1. The summed E-state index contributed by atoms with van der Waals surface area (Å²) in [5.41, 5.74) is 0.734. The molecule has 20 heavy (non-hydrogen) atoms. The molecule has 5 nitrogen and oxygen atoms in total. The highest BCUT2D eigenvalue weighted by Crippen LogP contribution is 2.18. The third kappa shape index (κ3) is 3.49. The molecule has 0 spiro atoms. The highest BCUT2D eigenvalue weighted by Gasteiger charge is 2.11. The highest BCUT2D eigenvalue weighted by molar-refractivity contribution is 6.30. The van der Waals surface area contributed by atoms with Crippen molar-refractivity contribution in [3.8, 4) is 0 Å². The Morgan fingerprint density at radius 1 is 1.15 bits per heavy atom. The molecule has 1 aromatic carbocycles. The summed E-state index contributed by atoms with van der Waals surface area (Å²) in [4.78, 5) is 15.8. The van der Waals surface area contributed by atoms with Gasteiger partial charge in [0.15, 0.2) is 5.70 Å². The quantitative estimate of drug-likeness (QED) is 0.398. The number of hydrogen-bond donors (Lipinski definition) is 1. The maximum atomic E-state index is 12.0. The minimum Gasteiger partial charge on any atom is -0.513 e. The summed E-state index contributed by atoms with van der Waals surface area (Å²) >= 11 is 5.75. The minimum atomic E-state index is -0.437. The molecule has 0 saturated heterocycles. The fourth-order valence-corrected chi connectivity index (χ4v) is 1.53. The molecule has 1 aromatic heterocycles. The molecule has 0 amide bonds. The molecule has 0 unspecified atom stereocenters. The van der Waals surface area contributed by atoms with Crippen LogP contribution in [-0.2, 0) is 0 Å². The van der Waals surface area contributed by atoms with Crippen LogP contribution < -0.4 is 0 Å². The van der Waals surface area contributed by atoms with Crippen LogP contribution in [0.5, 0.6) is 0 Å². The number of halogens is 1. The standard InChI is InChI=1S/C14H10ClN3O2/c15-11-1-3-12(4-2-11)17-18-13(9-19)14(20)10-5-7-16-8-6-10/h1-9,19H/b13-9+,18-17?. The summed E-state index contributed by atoms with van der Waals surface area (Å²) in [5.74, 6) is -0.437. The van der Waals surface area contributed by atoms with Gasteiger partial charge in [0.05, 0.1) is 5.69 Å². The minimum absolute atomic E-state index is 0.161. The average Bonchev–Trinajstić information content (AvgIpc) is 2.50. The Bertz CT molecular complexity index is 652. The van der Waals surface area contributed by atoms with E-state index in [0.717, 1.165) is 0 Å². The second kappa shape index (κ2) is 6.58. The molecule has 0 bridgehead atoms. The van der Waals surface area contributed by atoms with Crippen molar-refractivity contribution in [2.45, 2.75) is 0 Å². The normalized spacial score (nSPS) is 11.8. The first-order valence-electron chi connectivity index (χ1n) is 5.67. The second-order valence-electron chi connectivity index (χ2n) is 3.76. The van der Waals surface area contributed by atoms with Crippen LogP contribution in [0.15, 0.2) is 71.0 Å². The van der Waals surface area contributed by atoms with Crippen molar-refractivity contribution >= 4 is 23.1 Å². The molecule has 0 radical (unpaired) electrons. The zero-order valence-corrected chi connectivity index (χ0v) is 11.0. The van der Waals surface area contributed by atoms with Crippen LogP contribution in [-0.4, -0.2) is 15.9 Å². The molecule has 6 heteroatoms. The number of Topliss-reactive ketones (excluding diaryl/α,β-unsaturated/α-hetero) is 1. The Labute approximate surface area is 120 Å². The van der Waals surface area contributed by atoms with Gasteiger partial charge in [-0.05, 0) is 36.4 Å². The van der Waals surface area contributed by atoms with E-state index < -0.39 is 5.78 Å². The van der Waals surface area contributed by atoms with Crippen LogP contribution in [0.1, 0.15) is 10.4 Å². The van der Waals surface area contributed by atoms with E-state index in [9.17, 15) is 4.79 Å². The maximum Gasteiger partial charge on any atom is 0.216 e. The van der Waals surface area contributed by atoms with Gasteiger partial charge in [0, 0.05) is 23.0 Å². The van der Waals surface area contributed by atoms with Crippen LogP contribution in [0.4, 0.5) is 5.69 Å². The summed E-state index contributed by atoms with van der Waals surface area (Å²) in [6.07, 6.45) is 3.60. The SMILES string of the molecule is O=C(/C(=C\O)N=Nc1ccc(Cl)cc1)c1ccncc1. The molecule has 1 heterocycles. The van der Waals surface area contributed by atoms with Gasteiger partial charge in [-0.3, -0.25) is 9.78 Å². The molecule has 0 aliphatic rings. The monoisotopic (exact) mass is 287 g/mol. The van der Waals surface area contributed by atoms with Gasteiger partial charge in [0.2, 0.25) is 5.78 Å². The average molecular weight is 288 g/mol. The van der Waals surface area contributed by atoms with Gasteiger partial charge in [-0.25, -0.2) is 0 Å². The van der Waals surface area contributed by atoms with Gasteiger partial charge in [-0.1, -0.05) is 11.6 Å². The van der Waals surface area contributed by atoms with E-state index >= 15 is 0 Å². The summed E-state index contributed by atoms with van der Waals surface area (Å²) in [5, 5.41) is 17.3. The predicted molar refractivity (Wildman–Crippen MR) is 75.2 cm³/mol. The molecule has 1 N–H and O–H groups in total. The molecule has 0 fully saturated rings. The number of nitrogens with zero attached hydrogens (tertiary/aromatic N) is 3. The maximum absolute atomic E-state index is 12.0. The fourth-order valence-electron chi connectivity index (χ4n) is 1.40. The number of azo groups is 1. The molecule has 2 aromatic rings. The van der Waals surface area contributed by atoms with Gasteiger partial charge in [0.1, 0.15) is 6.26 Å². The van der Waals surface area contributed by atoms with Gasteiger partial charge in [-0.2, -0.15) is 5.11 Å². The van der Waals surface area contributed by atoms with Gasteiger partial charge in [0.25, 0.3) is 0 Å². The summed E-state index contributed by atoms with van der Waals surface area (Å²) in [7, 11) is 0. The van der Waals surface area contributed by atoms with E-state index in [1.807, 2.05) is 0 Å². The number of carbonyl (C=O) groups is 1. The van der Waals surface area contributed by atoms with Gasteiger partial charge >= 0.3 is 0 Å². The number of ketones is 1. The molecule has 0 atom stereocenters. The van der Waals surface area contributed by atoms with Crippen molar-refractivity contribution in [1.29, 1.82) is 0 Å². The zero-order chi connectivity index (χ0) is 14.4. The van der Waals surface area contributed by atoms with Crippen molar-refractivity contribution in [3.05, 3.63) is 71.3 Å². The van der Waals surface area contributed by atoms with Crippen LogP contribution in [0.3, 0.4) is 0 Å². The second-order valence-corrected chi connectivity index (χ2v) is 4.19. The van der Waals surface area contributed by atoms with Crippen LogP contribution in [0.25, 0.3) is 0 Å². The Balaban J connectivity index is 2.18. The topological polar surface area (TPSA) is 74.9 Å². The summed E-state index contributed by atoms with van der Waals surface area (Å²) in [6, 6.07) is 9.68. The zero-order valence-electron chi connectivity index (χ0n) is 10.3. The molecule has 0 aliphatic carbocycles. The number of pyridine rings is 1. The van der Waals surface area contributed by atoms with Gasteiger partial charge < -0.3 is 5.11 Å². The molecule has 100 valence electrons. The smallest absolute Gasteiger partial charge is 0.216 e. The number of aliphatic hydroxyl groups excluding tert-OH is 1. The molecular formula is C14H10ClN3O2. The third-order valence-corrected chi connectivity index (χ3v) is 2.65. The van der Waals surface area contributed by atoms with Crippen LogP contribution in [0.2, 0.25) is 5.02 Å². The number of hydrogen-bond acceptors (Lipinski definition) is 5. The number of benzene rings is 1. The van der Waals surface area contributed by atoms with E-state index in [0.29, 0.717) is 22.5 Å². The number of aliphatic hydroxyl groups is 1. The van der Waals surface area contributed by atoms with E-state index in [-0.39, 0.29) is 5.70 Å². The lowest BCUT2D eigenvalue weighted by molar-refractivity contribution is 0.102. The molecule has 2 rings (SSSR count). The fraction of sp³-hybridized carbons (Fsp3) is 0. The van der Waals surface area contributed by atoms with E-state index in [4.69, 9.17) is 16.7 Å². The summed E-state index contributed by atoms with van der Waals surface area (Å²) in [6.45, 7) is 0. The van der Waals surface area contributed by atoms with Crippen molar-refractivity contribution in [2.24, 2.45) is 10.2 Å². The Morgan fingerprint density at radius 2 is 1.80 bits per heavy atom. The van der Waals surface area contributed by atoms with E-state index in [1.165, 1.54) is 24.5 Å². The van der Waals surface area contributed by atoms with E-state index in [2.05, 4.69) is 15.2 Å². The lowest BCUT2D eigenvalue weighted by atomic mass is 10.1. The number of allylic oxidation sites excluding steroid dienone is 1. The largest absolute Gasteiger partial charge is 0.513 e. The first-order chi connectivity index (χ1) is 9.70. The van der Waals surface area contributed by atoms with E-state index in [1.54, 1.807) is 24.3 Å². The van der Waals surface area contributed by atoms with Gasteiger partial charge in [-0.15, -0.1) is 5.11 Å². The predicted octanol–water partition coefficient (Wildman–Crippen LogP) is 4.10. The molecular weight excluding hydrogens is 278 g/mol. The third-order valence-electron chi connectivity index (χ3n) is 2.40. The van der Waals surface area contributed by atoms with Crippen molar-refractivity contribution in [1.82, 2.24) is 4.98 Å². The van der Waals surface area contributed by atoms with Crippen molar-refractivity contribution in [2.75, 3.05) is 0 Å². The Kier molecular flexibility index (Phi) is 4.57. The molecule has 0 aliphatic heterocycles. The Hall–Kier alpha value is -2.53. The highest BCUT2D eigenvalue weighted by atomic mass is 35.5. The van der Waals surface area contributed by atoms with Crippen LogP contribution in [0, 0.1) is 0 Å². The Morgan fingerprint density at radius 3 is 2.40 bits per heavy atom. The summed E-state index contributed by atoms with van der Waals surface area (Å²) < 4.78 is 0. The number of aromatic nitrogens is 1. The molecule has 0 saturated carbocycles. The first kappa shape index (κ1) is 13.9. The first-order valence-corrected chi connectivity index (χ1v) is 6.05. The van der Waals surface area contributed by atoms with Crippen LogP contribution >= 0.6 is 11.6 Å². The lowest BCUT2D eigenvalue weighted by Crippen LogP contribution is -2.01.